The summed E-state index contributed by atoms with van der Waals surface area (Å²) in [5, 5.41) is 3.50. The smallest absolute Gasteiger partial charge is 0.0387 e. The Kier molecular flexibility index (Phi) is 4.95. The van der Waals surface area contributed by atoms with Gasteiger partial charge in [0.1, 0.15) is 0 Å². The zero-order valence-corrected chi connectivity index (χ0v) is 13.2. The fourth-order valence-electron chi connectivity index (χ4n) is 3.40. The molecule has 1 saturated carbocycles. The molecule has 0 unspecified atom stereocenters. The van der Waals surface area contributed by atoms with Crippen LogP contribution < -0.4 is 5.32 Å². The molecule has 0 bridgehead atoms. The second kappa shape index (κ2) is 7.31. The van der Waals surface area contributed by atoms with Crippen LogP contribution in [0.1, 0.15) is 38.5 Å². The molecule has 0 amide bonds. The zero-order valence-electron chi connectivity index (χ0n) is 13.2. The quantitative estimate of drug-likeness (QED) is 0.686. The van der Waals surface area contributed by atoms with Crippen molar-refractivity contribution in [2.45, 2.75) is 38.5 Å². The summed E-state index contributed by atoms with van der Waals surface area (Å²) in [5.74, 6) is 0.825. The molecule has 0 aliphatic heterocycles. The molecule has 0 atom stereocenters. The average Bonchev–Trinajstić information content (AvgIpc) is 2.57. The van der Waals surface area contributed by atoms with Crippen LogP contribution in [0.15, 0.2) is 66.9 Å². The molecular formula is C21H25N. The highest BCUT2D eigenvalue weighted by Crippen LogP contribution is 2.29. The molecule has 0 aromatic heterocycles. The molecule has 22 heavy (non-hydrogen) atoms. The molecule has 1 aliphatic carbocycles. The van der Waals surface area contributed by atoms with Gasteiger partial charge in [0, 0.05) is 11.4 Å². The molecule has 1 heteroatoms. The van der Waals surface area contributed by atoms with Crippen LogP contribution in [0.5, 0.6) is 0 Å². The van der Waals surface area contributed by atoms with Crippen molar-refractivity contribution in [3.8, 4) is 11.1 Å². The molecule has 3 rings (SSSR count). The van der Waals surface area contributed by atoms with Crippen molar-refractivity contribution in [1.29, 1.82) is 0 Å². The summed E-state index contributed by atoms with van der Waals surface area (Å²) in [6.07, 6.45) is 8.03. The lowest BCUT2D eigenvalue weighted by Gasteiger charge is -2.23. The largest absolute Gasteiger partial charge is 0.359 e. The Labute approximate surface area is 134 Å². The second-order valence-corrected chi connectivity index (χ2v) is 6.38. The minimum Gasteiger partial charge on any atom is -0.359 e. The lowest BCUT2D eigenvalue weighted by atomic mass is 9.86. The third-order valence-corrected chi connectivity index (χ3v) is 4.55. The van der Waals surface area contributed by atoms with E-state index in [2.05, 4.69) is 66.5 Å². The SMILES string of the molecule is C=C(CC1CCCCC1)Nc1cccc(-c2ccccc2)c1. The molecule has 0 spiro atoms. The second-order valence-electron chi connectivity index (χ2n) is 6.38. The van der Waals surface area contributed by atoms with E-state index in [0.29, 0.717) is 0 Å². The summed E-state index contributed by atoms with van der Waals surface area (Å²) in [6.45, 7) is 4.24. The van der Waals surface area contributed by atoms with Crippen molar-refractivity contribution >= 4 is 5.69 Å². The van der Waals surface area contributed by atoms with Crippen LogP contribution in [0.2, 0.25) is 0 Å². The van der Waals surface area contributed by atoms with E-state index in [1.807, 2.05) is 0 Å². The Morgan fingerprint density at radius 1 is 0.909 bits per heavy atom. The average molecular weight is 291 g/mol. The van der Waals surface area contributed by atoms with E-state index in [9.17, 15) is 0 Å². The van der Waals surface area contributed by atoms with Gasteiger partial charge in [-0.2, -0.15) is 0 Å². The number of rotatable bonds is 5. The summed E-state index contributed by atoms with van der Waals surface area (Å²) in [5.41, 5.74) is 4.79. The van der Waals surface area contributed by atoms with Crippen molar-refractivity contribution in [2.75, 3.05) is 5.32 Å². The maximum Gasteiger partial charge on any atom is 0.0387 e. The fourth-order valence-corrected chi connectivity index (χ4v) is 3.40. The van der Waals surface area contributed by atoms with E-state index in [4.69, 9.17) is 0 Å². The highest BCUT2D eigenvalue weighted by atomic mass is 14.9. The maximum atomic E-state index is 4.24. The van der Waals surface area contributed by atoms with Crippen molar-refractivity contribution < 1.29 is 0 Å². The predicted octanol–water partition coefficient (Wildman–Crippen LogP) is 6.25. The first-order chi connectivity index (χ1) is 10.8. The molecule has 0 saturated heterocycles. The Hall–Kier alpha value is -2.02. The third kappa shape index (κ3) is 4.00. The maximum absolute atomic E-state index is 4.24. The van der Waals surface area contributed by atoms with Crippen LogP contribution >= 0.6 is 0 Å². The molecule has 2 aromatic carbocycles. The van der Waals surface area contributed by atoms with Crippen molar-refractivity contribution in [2.24, 2.45) is 5.92 Å². The lowest BCUT2D eigenvalue weighted by Crippen LogP contribution is -2.10. The molecule has 2 aromatic rings. The monoisotopic (exact) mass is 291 g/mol. The van der Waals surface area contributed by atoms with E-state index in [-0.39, 0.29) is 0 Å². The van der Waals surface area contributed by atoms with Gasteiger partial charge in [-0.1, -0.05) is 81.1 Å². The molecule has 1 aliphatic rings. The topological polar surface area (TPSA) is 12.0 Å². The fraction of sp³-hybridized carbons (Fsp3) is 0.333. The highest BCUT2D eigenvalue weighted by molar-refractivity contribution is 5.68. The molecule has 1 N–H and O–H groups in total. The van der Waals surface area contributed by atoms with Crippen LogP contribution in [0.4, 0.5) is 5.69 Å². The molecule has 0 radical (unpaired) electrons. The summed E-state index contributed by atoms with van der Waals surface area (Å²) >= 11 is 0. The van der Waals surface area contributed by atoms with Crippen LogP contribution in [-0.4, -0.2) is 0 Å². The van der Waals surface area contributed by atoms with Gasteiger partial charge >= 0.3 is 0 Å². The first-order valence-corrected chi connectivity index (χ1v) is 8.41. The van der Waals surface area contributed by atoms with Gasteiger partial charge in [0.05, 0.1) is 0 Å². The van der Waals surface area contributed by atoms with Gasteiger partial charge in [-0.3, -0.25) is 0 Å². The van der Waals surface area contributed by atoms with E-state index >= 15 is 0 Å². The van der Waals surface area contributed by atoms with Gasteiger partial charge in [-0.25, -0.2) is 0 Å². The van der Waals surface area contributed by atoms with Crippen molar-refractivity contribution in [1.82, 2.24) is 0 Å². The molecule has 0 heterocycles. The predicted molar refractivity (Wildman–Crippen MR) is 95.8 cm³/mol. The van der Waals surface area contributed by atoms with Crippen LogP contribution in [-0.2, 0) is 0 Å². The van der Waals surface area contributed by atoms with Gasteiger partial charge in [0.2, 0.25) is 0 Å². The first kappa shape index (κ1) is 14.9. The van der Waals surface area contributed by atoms with Crippen LogP contribution in [0.25, 0.3) is 11.1 Å². The van der Waals surface area contributed by atoms with Gasteiger partial charge in [-0.05, 0) is 35.6 Å². The molecular weight excluding hydrogens is 266 g/mol. The first-order valence-electron chi connectivity index (χ1n) is 8.41. The van der Waals surface area contributed by atoms with Gasteiger partial charge in [0.25, 0.3) is 0 Å². The van der Waals surface area contributed by atoms with Crippen molar-refractivity contribution in [3.63, 3.8) is 0 Å². The highest BCUT2D eigenvalue weighted by Gasteiger charge is 2.14. The van der Waals surface area contributed by atoms with Gasteiger partial charge in [0.15, 0.2) is 0 Å². The number of benzene rings is 2. The number of allylic oxidation sites excluding steroid dienone is 1. The Morgan fingerprint density at radius 3 is 2.41 bits per heavy atom. The van der Waals surface area contributed by atoms with Gasteiger partial charge in [-0.15, -0.1) is 0 Å². The summed E-state index contributed by atoms with van der Waals surface area (Å²) in [4.78, 5) is 0. The van der Waals surface area contributed by atoms with Crippen LogP contribution in [0, 0.1) is 5.92 Å². The van der Waals surface area contributed by atoms with Crippen molar-refractivity contribution in [3.05, 3.63) is 66.9 Å². The Bertz CT molecular complexity index is 609. The van der Waals surface area contributed by atoms with Gasteiger partial charge < -0.3 is 5.32 Å². The normalized spacial score (nSPS) is 15.5. The number of anilines is 1. The minimum atomic E-state index is 0.825. The Balaban J connectivity index is 1.64. The standard InChI is InChI=1S/C21H25N/c1-17(15-18-9-4-2-5-10-18)22-21-14-8-13-20(16-21)19-11-6-3-7-12-19/h3,6-8,11-14,16,18,22H,1-2,4-5,9-10,15H2. The number of nitrogens with one attached hydrogen (secondary N) is 1. The van der Waals surface area contributed by atoms with E-state index in [1.165, 1.54) is 43.2 Å². The van der Waals surface area contributed by atoms with E-state index < -0.39 is 0 Å². The number of hydrogen-bond acceptors (Lipinski definition) is 1. The summed E-state index contributed by atoms with van der Waals surface area (Å²) < 4.78 is 0. The molecule has 1 fully saturated rings. The zero-order chi connectivity index (χ0) is 15.2. The van der Waals surface area contributed by atoms with E-state index in [1.54, 1.807) is 0 Å². The number of hydrogen-bond donors (Lipinski definition) is 1. The summed E-state index contributed by atoms with van der Waals surface area (Å²) in [6, 6.07) is 19.1. The molecule has 1 nitrogen and oxygen atoms in total. The third-order valence-electron chi connectivity index (χ3n) is 4.55. The van der Waals surface area contributed by atoms with Crippen LogP contribution in [0.3, 0.4) is 0 Å². The lowest BCUT2D eigenvalue weighted by molar-refractivity contribution is 0.357. The summed E-state index contributed by atoms with van der Waals surface area (Å²) in [7, 11) is 0. The minimum absolute atomic E-state index is 0.825. The van der Waals surface area contributed by atoms with E-state index in [0.717, 1.165) is 23.7 Å². The molecule has 114 valence electrons. The Morgan fingerprint density at radius 2 is 1.64 bits per heavy atom.